The molecule has 3 N–H and O–H groups in total. The number of nitrogens with two attached hydrogens (primary N) is 1. The number of piperidine rings is 1. The molecule has 1 unspecified atom stereocenters. The van der Waals surface area contributed by atoms with Crippen LogP contribution in [0.1, 0.15) is 39.5 Å². The lowest BCUT2D eigenvalue weighted by molar-refractivity contribution is -0.122. The first-order chi connectivity index (χ1) is 8.15. The van der Waals surface area contributed by atoms with Crippen LogP contribution in [0.3, 0.4) is 0 Å². The van der Waals surface area contributed by atoms with E-state index in [0.29, 0.717) is 24.9 Å². The predicted octanol–water partition coefficient (Wildman–Crippen LogP) is 0.962. The number of nitrogens with one attached hydrogen (secondary N) is 1. The first kappa shape index (κ1) is 14.5. The molecule has 0 aromatic carbocycles. The van der Waals surface area contributed by atoms with Gasteiger partial charge >= 0.3 is 0 Å². The van der Waals surface area contributed by atoms with Crippen LogP contribution in [0.5, 0.6) is 0 Å². The minimum Gasteiger partial charge on any atom is -0.353 e. The fourth-order valence-corrected chi connectivity index (χ4v) is 2.19. The molecule has 1 heterocycles. The van der Waals surface area contributed by atoms with Crippen molar-refractivity contribution in [2.24, 2.45) is 11.7 Å². The molecule has 1 saturated heterocycles. The van der Waals surface area contributed by atoms with Crippen molar-refractivity contribution >= 4 is 5.91 Å². The average molecular weight is 241 g/mol. The van der Waals surface area contributed by atoms with Crippen molar-refractivity contribution in [3.8, 4) is 0 Å². The molecule has 1 aliphatic heterocycles. The third-order valence-electron chi connectivity index (χ3n) is 3.67. The molecule has 0 saturated carbocycles. The monoisotopic (exact) mass is 241 g/mol. The Morgan fingerprint density at radius 2 is 2.12 bits per heavy atom. The van der Waals surface area contributed by atoms with E-state index >= 15 is 0 Å². The summed E-state index contributed by atoms with van der Waals surface area (Å²) in [4.78, 5) is 14.1. The number of nitrogens with zero attached hydrogens (tertiary/aromatic N) is 1. The highest BCUT2D eigenvalue weighted by Crippen LogP contribution is 2.10. The molecular weight excluding hydrogens is 214 g/mol. The van der Waals surface area contributed by atoms with Crippen LogP contribution in [-0.4, -0.2) is 43.0 Å². The lowest BCUT2D eigenvalue weighted by Gasteiger charge is -2.31. The summed E-state index contributed by atoms with van der Waals surface area (Å²) in [5.41, 5.74) is 5.54. The quantitative estimate of drug-likeness (QED) is 0.728. The second kappa shape index (κ2) is 7.67. The molecule has 1 fully saturated rings. The highest BCUT2D eigenvalue weighted by Gasteiger charge is 2.19. The van der Waals surface area contributed by atoms with Gasteiger partial charge in [-0.25, -0.2) is 0 Å². The van der Waals surface area contributed by atoms with Gasteiger partial charge in [-0.1, -0.05) is 13.8 Å². The Hall–Kier alpha value is -0.610. The van der Waals surface area contributed by atoms with E-state index in [2.05, 4.69) is 24.1 Å². The van der Waals surface area contributed by atoms with Gasteiger partial charge in [-0.2, -0.15) is 0 Å². The van der Waals surface area contributed by atoms with Gasteiger partial charge in [0.15, 0.2) is 0 Å². The zero-order valence-electron chi connectivity index (χ0n) is 11.2. The third-order valence-corrected chi connectivity index (χ3v) is 3.67. The lowest BCUT2D eigenvalue weighted by atomic mass is 10.0. The van der Waals surface area contributed by atoms with Gasteiger partial charge in [-0.15, -0.1) is 0 Å². The summed E-state index contributed by atoms with van der Waals surface area (Å²) >= 11 is 0. The maximum Gasteiger partial charge on any atom is 0.220 e. The summed E-state index contributed by atoms with van der Waals surface area (Å²) in [7, 11) is 0. The summed E-state index contributed by atoms with van der Waals surface area (Å²) < 4.78 is 0. The van der Waals surface area contributed by atoms with E-state index in [0.717, 1.165) is 38.9 Å². The molecular formula is C13H27N3O. The molecule has 0 aromatic heterocycles. The van der Waals surface area contributed by atoms with Crippen molar-refractivity contribution in [2.45, 2.75) is 45.6 Å². The predicted molar refractivity (Wildman–Crippen MR) is 70.7 cm³/mol. The van der Waals surface area contributed by atoms with Crippen LogP contribution in [0.2, 0.25) is 0 Å². The number of carbonyl (C=O) groups excluding carboxylic acids is 1. The van der Waals surface area contributed by atoms with E-state index in [4.69, 9.17) is 5.73 Å². The molecule has 1 amide bonds. The highest BCUT2D eigenvalue weighted by atomic mass is 16.1. The molecule has 0 bridgehead atoms. The number of carbonyl (C=O) groups is 1. The molecule has 100 valence electrons. The molecule has 0 radical (unpaired) electrons. The van der Waals surface area contributed by atoms with Crippen molar-refractivity contribution in [3.63, 3.8) is 0 Å². The maximum atomic E-state index is 11.7. The standard InChI is InChI=1S/C13H27N3O/c1-3-16-8-6-12(7-9-16)15-13(17)5-4-11(2)10-14/h11-12H,3-10,14H2,1-2H3,(H,15,17). The molecule has 1 atom stereocenters. The molecule has 17 heavy (non-hydrogen) atoms. The Bertz CT molecular complexity index is 225. The van der Waals surface area contributed by atoms with E-state index in [-0.39, 0.29) is 5.91 Å². The Morgan fingerprint density at radius 1 is 1.47 bits per heavy atom. The van der Waals surface area contributed by atoms with Crippen LogP contribution >= 0.6 is 0 Å². The van der Waals surface area contributed by atoms with Crippen LogP contribution in [0.15, 0.2) is 0 Å². The zero-order valence-corrected chi connectivity index (χ0v) is 11.2. The van der Waals surface area contributed by atoms with E-state index in [1.54, 1.807) is 0 Å². The molecule has 0 aliphatic carbocycles. The first-order valence-electron chi connectivity index (χ1n) is 6.87. The van der Waals surface area contributed by atoms with E-state index < -0.39 is 0 Å². The van der Waals surface area contributed by atoms with Gasteiger partial charge in [0.25, 0.3) is 0 Å². The van der Waals surface area contributed by atoms with Crippen molar-refractivity contribution in [2.75, 3.05) is 26.2 Å². The smallest absolute Gasteiger partial charge is 0.220 e. The molecule has 1 rings (SSSR count). The maximum absolute atomic E-state index is 11.7. The van der Waals surface area contributed by atoms with E-state index in [9.17, 15) is 4.79 Å². The number of rotatable bonds is 6. The van der Waals surface area contributed by atoms with Crippen molar-refractivity contribution in [1.82, 2.24) is 10.2 Å². The second-order valence-corrected chi connectivity index (χ2v) is 5.16. The largest absolute Gasteiger partial charge is 0.353 e. The van der Waals surface area contributed by atoms with Gasteiger partial charge in [0.05, 0.1) is 0 Å². The third kappa shape index (κ3) is 5.50. The van der Waals surface area contributed by atoms with Gasteiger partial charge in [0.2, 0.25) is 5.91 Å². The van der Waals surface area contributed by atoms with Gasteiger partial charge in [0, 0.05) is 25.6 Å². The Labute approximate surface area is 105 Å². The molecule has 1 aliphatic rings. The number of hydrogen-bond donors (Lipinski definition) is 2. The first-order valence-corrected chi connectivity index (χ1v) is 6.87. The molecule has 4 heteroatoms. The van der Waals surface area contributed by atoms with E-state index in [1.807, 2.05) is 0 Å². The molecule has 0 aromatic rings. The summed E-state index contributed by atoms with van der Waals surface area (Å²) in [6.07, 6.45) is 3.69. The van der Waals surface area contributed by atoms with Gasteiger partial charge < -0.3 is 16.0 Å². The minimum atomic E-state index is 0.195. The number of amides is 1. The number of likely N-dealkylation sites (tertiary alicyclic amines) is 1. The van der Waals surface area contributed by atoms with Crippen LogP contribution in [0.4, 0.5) is 0 Å². The summed E-state index contributed by atoms with van der Waals surface area (Å²) in [6.45, 7) is 8.29. The lowest BCUT2D eigenvalue weighted by Crippen LogP contribution is -2.44. The van der Waals surface area contributed by atoms with Crippen molar-refractivity contribution < 1.29 is 4.79 Å². The van der Waals surface area contributed by atoms with E-state index in [1.165, 1.54) is 0 Å². The van der Waals surface area contributed by atoms with Crippen LogP contribution in [0, 0.1) is 5.92 Å². The SMILES string of the molecule is CCN1CCC(NC(=O)CCC(C)CN)CC1. The summed E-state index contributed by atoms with van der Waals surface area (Å²) in [6, 6.07) is 0.387. The molecule has 4 nitrogen and oxygen atoms in total. The second-order valence-electron chi connectivity index (χ2n) is 5.16. The van der Waals surface area contributed by atoms with Crippen molar-refractivity contribution in [3.05, 3.63) is 0 Å². The fraction of sp³-hybridized carbons (Fsp3) is 0.923. The summed E-state index contributed by atoms with van der Waals surface area (Å²) in [5, 5.41) is 3.14. The van der Waals surface area contributed by atoms with Crippen LogP contribution in [0.25, 0.3) is 0 Å². The van der Waals surface area contributed by atoms with Gasteiger partial charge in [0.1, 0.15) is 0 Å². The van der Waals surface area contributed by atoms with Gasteiger partial charge in [-0.05, 0) is 38.3 Å². The molecule has 0 spiro atoms. The number of hydrogen-bond acceptors (Lipinski definition) is 3. The zero-order chi connectivity index (χ0) is 12.7. The average Bonchev–Trinajstić information content (AvgIpc) is 2.36. The Morgan fingerprint density at radius 3 is 2.65 bits per heavy atom. The minimum absolute atomic E-state index is 0.195. The normalized spacial score (nSPS) is 20.2. The highest BCUT2D eigenvalue weighted by molar-refractivity contribution is 5.76. The topological polar surface area (TPSA) is 58.4 Å². The Balaban J connectivity index is 2.15. The van der Waals surface area contributed by atoms with Gasteiger partial charge in [-0.3, -0.25) is 4.79 Å². The van der Waals surface area contributed by atoms with Crippen LogP contribution < -0.4 is 11.1 Å². The van der Waals surface area contributed by atoms with Crippen molar-refractivity contribution in [1.29, 1.82) is 0 Å². The Kier molecular flexibility index (Phi) is 6.52. The van der Waals surface area contributed by atoms with Crippen LogP contribution in [-0.2, 0) is 4.79 Å². The summed E-state index contributed by atoms with van der Waals surface area (Å²) in [5.74, 6) is 0.642. The fourth-order valence-electron chi connectivity index (χ4n) is 2.19.